The zero-order valence-corrected chi connectivity index (χ0v) is 14.8. The van der Waals surface area contributed by atoms with Gasteiger partial charge < -0.3 is 15.4 Å². The third-order valence-electron chi connectivity index (χ3n) is 5.25. The van der Waals surface area contributed by atoms with Crippen molar-refractivity contribution in [3.05, 3.63) is 35.6 Å². The summed E-state index contributed by atoms with van der Waals surface area (Å²) in [5, 5.41) is 0. The van der Waals surface area contributed by atoms with Crippen LogP contribution in [0.1, 0.15) is 45.1 Å². The Kier molecular flexibility index (Phi) is 4.58. The first-order valence-corrected chi connectivity index (χ1v) is 8.73. The standard InChI is InChI=1S/C19H25FN2O3/c1-18(2)12-19(15(25-18)11-16(21)23)7-4-8-22(19)17(24)10-13-5-3-6-14(20)9-13/h3,5-6,9,15H,4,7-8,10-12H2,1-2H3,(H2,21,23)/t15-,19+/m0/s1. The van der Waals surface area contributed by atoms with E-state index in [1.807, 2.05) is 18.7 Å². The summed E-state index contributed by atoms with van der Waals surface area (Å²) in [5.41, 5.74) is 5.15. The van der Waals surface area contributed by atoms with Crippen molar-refractivity contribution in [2.24, 2.45) is 5.73 Å². The van der Waals surface area contributed by atoms with Gasteiger partial charge in [-0.3, -0.25) is 9.59 Å². The molecule has 2 aliphatic heterocycles. The second kappa shape index (κ2) is 6.41. The van der Waals surface area contributed by atoms with Gasteiger partial charge >= 0.3 is 0 Å². The lowest BCUT2D eigenvalue weighted by Crippen LogP contribution is -2.54. The second-order valence-corrected chi connectivity index (χ2v) is 7.77. The highest BCUT2D eigenvalue weighted by atomic mass is 19.1. The largest absolute Gasteiger partial charge is 0.370 e. The van der Waals surface area contributed by atoms with E-state index in [4.69, 9.17) is 10.5 Å². The van der Waals surface area contributed by atoms with Gasteiger partial charge in [-0.25, -0.2) is 4.39 Å². The van der Waals surface area contributed by atoms with Crippen LogP contribution in [-0.2, 0) is 20.7 Å². The van der Waals surface area contributed by atoms with Crippen LogP contribution in [-0.4, -0.2) is 40.5 Å². The van der Waals surface area contributed by atoms with E-state index in [1.54, 1.807) is 12.1 Å². The van der Waals surface area contributed by atoms with Crippen LogP contribution >= 0.6 is 0 Å². The van der Waals surface area contributed by atoms with E-state index in [9.17, 15) is 14.0 Å². The molecule has 136 valence electrons. The van der Waals surface area contributed by atoms with Crippen molar-refractivity contribution < 1.29 is 18.7 Å². The van der Waals surface area contributed by atoms with E-state index in [2.05, 4.69) is 0 Å². The zero-order chi connectivity index (χ0) is 18.2. The minimum Gasteiger partial charge on any atom is -0.370 e. The Morgan fingerprint density at radius 2 is 2.16 bits per heavy atom. The Hall–Kier alpha value is -1.95. The highest BCUT2D eigenvalue weighted by Crippen LogP contribution is 2.48. The molecule has 2 N–H and O–H groups in total. The number of amides is 2. The number of nitrogens with two attached hydrogens (primary N) is 1. The SMILES string of the molecule is CC1(C)C[C@]2(CCCN2C(=O)Cc2cccc(F)c2)[C@H](CC(N)=O)O1. The molecule has 2 aliphatic rings. The van der Waals surface area contributed by atoms with Gasteiger partial charge in [0.25, 0.3) is 0 Å². The fourth-order valence-electron chi connectivity index (χ4n) is 4.51. The summed E-state index contributed by atoms with van der Waals surface area (Å²) < 4.78 is 19.5. The molecule has 1 spiro atoms. The van der Waals surface area contributed by atoms with E-state index in [1.165, 1.54) is 12.1 Å². The van der Waals surface area contributed by atoms with Crippen LogP contribution in [0.5, 0.6) is 0 Å². The molecule has 2 atom stereocenters. The molecule has 0 bridgehead atoms. The van der Waals surface area contributed by atoms with E-state index in [0.717, 1.165) is 12.8 Å². The van der Waals surface area contributed by atoms with Crippen molar-refractivity contribution in [2.75, 3.05) is 6.54 Å². The molecule has 6 heteroatoms. The van der Waals surface area contributed by atoms with E-state index >= 15 is 0 Å². The molecular formula is C19H25FN2O3. The van der Waals surface area contributed by atoms with Crippen molar-refractivity contribution in [3.8, 4) is 0 Å². The second-order valence-electron chi connectivity index (χ2n) is 7.77. The Morgan fingerprint density at radius 1 is 1.40 bits per heavy atom. The third kappa shape index (κ3) is 3.54. The van der Waals surface area contributed by atoms with Gasteiger partial charge in [0, 0.05) is 13.0 Å². The molecule has 2 heterocycles. The van der Waals surface area contributed by atoms with Gasteiger partial charge in [0.1, 0.15) is 5.82 Å². The first-order valence-electron chi connectivity index (χ1n) is 8.73. The Morgan fingerprint density at radius 3 is 2.84 bits per heavy atom. The van der Waals surface area contributed by atoms with Gasteiger partial charge in [-0.15, -0.1) is 0 Å². The molecule has 1 aromatic rings. The van der Waals surface area contributed by atoms with Crippen LogP contribution in [0, 0.1) is 5.82 Å². The maximum atomic E-state index is 13.4. The van der Waals surface area contributed by atoms with E-state index in [-0.39, 0.29) is 30.7 Å². The number of rotatable bonds is 4. The molecular weight excluding hydrogens is 323 g/mol. The summed E-state index contributed by atoms with van der Waals surface area (Å²) in [7, 11) is 0. The van der Waals surface area contributed by atoms with Crippen molar-refractivity contribution >= 4 is 11.8 Å². The number of likely N-dealkylation sites (tertiary alicyclic amines) is 1. The summed E-state index contributed by atoms with van der Waals surface area (Å²) in [6, 6.07) is 6.10. The predicted molar refractivity (Wildman–Crippen MR) is 91.2 cm³/mol. The highest BCUT2D eigenvalue weighted by molar-refractivity contribution is 5.80. The van der Waals surface area contributed by atoms with Gasteiger partial charge in [-0.05, 0) is 44.4 Å². The molecule has 0 aliphatic carbocycles. The van der Waals surface area contributed by atoms with Gasteiger partial charge in [0.2, 0.25) is 11.8 Å². The summed E-state index contributed by atoms with van der Waals surface area (Å²) in [6.45, 7) is 4.58. The Bertz CT molecular complexity index is 691. The van der Waals surface area contributed by atoms with Gasteiger partial charge in [-0.1, -0.05) is 12.1 Å². The first kappa shape index (κ1) is 17.9. The number of benzene rings is 1. The number of halogens is 1. The number of primary amides is 1. The molecule has 25 heavy (non-hydrogen) atoms. The molecule has 0 radical (unpaired) electrons. The summed E-state index contributed by atoms with van der Waals surface area (Å²) in [5.74, 6) is -0.830. The topological polar surface area (TPSA) is 72.6 Å². The monoisotopic (exact) mass is 348 g/mol. The number of carbonyl (C=O) groups is 2. The van der Waals surface area contributed by atoms with Crippen LogP contribution in [0.2, 0.25) is 0 Å². The fraction of sp³-hybridized carbons (Fsp3) is 0.579. The normalized spacial score (nSPS) is 27.8. The fourth-order valence-corrected chi connectivity index (χ4v) is 4.51. The lowest BCUT2D eigenvalue weighted by molar-refractivity contribution is -0.139. The number of hydrogen-bond acceptors (Lipinski definition) is 3. The average molecular weight is 348 g/mol. The maximum absolute atomic E-state index is 13.4. The van der Waals surface area contributed by atoms with Crippen LogP contribution in [0.25, 0.3) is 0 Å². The van der Waals surface area contributed by atoms with Crippen molar-refractivity contribution in [2.45, 2.75) is 63.2 Å². The molecule has 2 amide bonds. The summed E-state index contributed by atoms with van der Waals surface area (Å²) in [6.07, 6.45) is 2.19. The van der Waals surface area contributed by atoms with Crippen LogP contribution in [0.4, 0.5) is 4.39 Å². The average Bonchev–Trinajstić information content (AvgIpc) is 3.00. The van der Waals surface area contributed by atoms with E-state index < -0.39 is 17.0 Å². The van der Waals surface area contributed by atoms with Crippen LogP contribution in [0.3, 0.4) is 0 Å². The zero-order valence-electron chi connectivity index (χ0n) is 14.8. The van der Waals surface area contributed by atoms with Gasteiger partial charge in [0.15, 0.2) is 0 Å². The van der Waals surface area contributed by atoms with E-state index in [0.29, 0.717) is 18.5 Å². The number of ether oxygens (including phenoxy) is 1. The number of carbonyl (C=O) groups excluding carboxylic acids is 2. The number of nitrogens with zero attached hydrogens (tertiary/aromatic N) is 1. The smallest absolute Gasteiger partial charge is 0.227 e. The number of hydrogen-bond donors (Lipinski definition) is 1. The maximum Gasteiger partial charge on any atom is 0.227 e. The molecule has 0 unspecified atom stereocenters. The Balaban J connectivity index is 1.84. The van der Waals surface area contributed by atoms with Crippen LogP contribution in [0.15, 0.2) is 24.3 Å². The lowest BCUT2D eigenvalue weighted by atomic mass is 9.82. The Labute approximate surface area is 147 Å². The highest BCUT2D eigenvalue weighted by Gasteiger charge is 2.58. The third-order valence-corrected chi connectivity index (χ3v) is 5.25. The molecule has 2 fully saturated rings. The van der Waals surface area contributed by atoms with Gasteiger partial charge in [-0.2, -0.15) is 0 Å². The quantitative estimate of drug-likeness (QED) is 0.906. The molecule has 0 aromatic heterocycles. The van der Waals surface area contributed by atoms with Crippen molar-refractivity contribution in [1.29, 1.82) is 0 Å². The molecule has 1 aromatic carbocycles. The molecule has 3 rings (SSSR count). The van der Waals surface area contributed by atoms with Crippen molar-refractivity contribution in [1.82, 2.24) is 4.90 Å². The van der Waals surface area contributed by atoms with Gasteiger partial charge in [0.05, 0.1) is 30.1 Å². The van der Waals surface area contributed by atoms with Crippen LogP contribution < -0.4 is 5.73 Å². The summed E-state index contributed by atoms with van der Waals surface area (Å²) >= 11 is 0. The first-order chi connectivity index (χ1) is 11.7. The lowest BCUT2D eigenvalue weighted by Gasteiger charge is -2.38. The summed E-state index contributed by atoms with van der Waals surface area (Å²) in [4.78, 5) is 26.3. The molecule has 5 nitrogen and oxygen atoms in total. The minimum absolute atomic E-state index is 0.0566. The predicted octanol–water partition coefficient (Wildman–Crippen LogP) is 2.17. The molecule has 0 saturated carbocycles. The minimum atomic E-state index is -0.497. The molecule has 2 saturated heterocycles. The van der Waals surface area contributed by atoms with Crippen molar-refractivity contribution in [3.63, 3.8) is 0 Å².